The molecule has 0 bridgehead atoms. The van der Waals surface area contributed by atoms with E-state index in [1.54, 1.807) is 0 Å². The van der Waals surface area contributed by atoms with Crippen molar-refractivity contribution in [2.24, 2.45) is 10.9 Å². The van der Waals surface area contributed by atoms with E-state index in [2.05, 4.69) is 67.4 Å². The summed E-state index contributed by atoms with van der Waals surface area (Å²) in [6, 6.07) is 8.70. The minimum atomic E-state index is 0.767. The molecule has 0 amide bonds. The number of nitrogens with one attached hydrogen (secondary N) is 1. The lowest BCUT2D eigenvalue weighted by Gasteiger charge is -2.22. The molecule has 1 N–H and O–H groups in total. The number of ether oxygens (including phenoxy) is 1. The van der Waals surface area contributed by atoms with Crippen LogP contribution in [0, 0.1) is 5.92 Å². The highest BCUT2D eigenvalue weighted by Gasteiger charge is 2.21. The molecule has 1 aliphatic rings. The van der Waals surface area contributed by atoms with Crippen molar-refractivity contribution in [3.05, 3.63) is 29.8 Å². The number of nitrogens with zero attached hydrogens (tertiary/aromatic N) is 3. The number of guanidine groups is 1. The van der Waals surface area contributed by atoms with Crippen LogP contribution in [0.4, 0.5) is 5.69 Å². The van der Waals surface area contributed by atoms with Crippen molar-refractivity contribution in [2.45, 2.75) is 26.2 Å². The smallest absolute Gasteiger partial charge is 0.193 e. The highest BCUT2D eigenvalue weighted by atomic mass is 16.5. The maximum absolute atomic E-state index is 5.73. The molecule has 1 saturated carbocycles. The number of benzene rings is 1. The Kier molecular flexibility index (Phi) is 8.06. The highest BCUT2D eigenvalue weighted by Crippen LogP contribution is 2.28. The second-order valence-electron chi connectivity index (χ2n) is 6.99. The molecule has 0 saturated heterocycles. The first-order valence-electron chi connectivity index (χ1n) is 9.43. The molecular weight excluding hydrogens is 312 g/mol. The molecule has 0 aromatic heterocycles. The zero-order chi connectivity index (χ0) is 18.1. The molecule has 0 radical (unpaired) electrons. The Balaban J connectivity index is 1.76. The van der Waals surface area contributed by atoms with Gasteiger partial charge in [-0.15, -0.1) is 0 Å². The third-order valence-electron chi connectivity index (χ3n) is 4.43. The summed E-state index contributed by atoms with van der Waals surface area (Å²) in [5, 5.41) is 3.37. The molecule has 0 heterocycles. The Morgan fingerprint density at radius 1 is 1.20 bits per heavy atom. The van der Waals surface area contributed by atoms with Crippen molar-refractivity contribution in [1.82, 2.24) is 10.2 Å². The fraction of sp³-hybridized carbons (Fsp3) is 0.650. The van der Waals surface area contributed by atoms with Crippen molar-refractivity contribution in [2.75, 3.05) is 58.9 Å². The van der Waals surface area contributed by atoms with Gasteiger partial charge in [0.2, 0.25) is 0 Å². The average Bonchev–Trinajstić information content (AvgIpc) is 3.42. The van der Waals surface area contributed by atoms with Crippen molar-refractivity contribution in [3.63, 3.8) is 0 Å². The van der Waals surface area contributed by atoms with Crippen LogP contribution in [0.15, 0.2) is 29.3 Å². The van der Waals surface area contributed by atoms with E-state index in [-0.39, 0.29) is 0 Å². The number of likely N-dealkylation sites (N-methyl/N-ethyl adjacent to an activating group) is 1. The number of anilines is 1. The van der Waals surface area contributed by atoms with E-state index in [1.807, 2.05) is 0 Å². The van der Waals surface area contributed by atoms with E-state index >= 15 is 0 Å². The molecule has 1 aromatic carbocycles. The summed E-state index contributed by atoms with van der Waals surface area (Å²) < 4.78 is 5.73. The maximum Gasteiger partial charge on any atom is 0.193 e. The van der Waals surface area contributed by atoms with Crippen LogP contribution < -0.4 is 10.2 Å². The van der Waals surface area contributed by atoms with Gasteiger partial charge in [0.1, 0.15) is 0 Å². The number of rotatable bonds is 10. The topological polar surface area (TPSA) is 40.1 Å². The minimum absolute atomic E-state index is 0.767. The molecule has 0 unspecified atom stereocenters. The van der Waals surface area contributed by atoms with Gasteiger partial charge in [-0.1, -0.05) is 12.1 Å². The molecule has 2 rings (SSSR count). The summed E-state index contributed by atoms with van der Waals surface area (Å²) >= 11 is 0. The summed E-state index contributed by atoms with van der Waals surface area (Å²) in [7, 11) is 6.20. The van der Waals surface area contributed by atoms with Gasteiger partial charge in [0.25, 0.3) is 0 Å². The Labute approximate surface area is 153 Å². The molecular formula is C20H34N4O. The van der Waals surface area contributed by atoms with Gasteiger partial charge in [0.15, 0.2) is 5.96 Å². The lowest BCUT2D eigenvalue weighted by molar-refractivity contribution is 0.115. The molecule has 1 aliphatic carbocycles. The van der Waals surface area contributed by atoms with Gasteiger partial charge in [0.05, 0.1) is 6.61 Å². The van der Waals surface area contributed by atoms with Crippen LogP contribution in [0.3, 0.4) is 0 Å². The van der Waals surface area contributed by atoms with Gasteiger partial charge in [-0.2, -0.15) is 0 Å². The summed E-state index contributed by atoms with van der Waals surface area (Å²) in [6.07, 6.45) is 3.64. The average molecular weight is 347 g/mol. The largest absolute Gasteiger partial charge is 0.379 e. The van der Waals surface area contributed by atoms with Crippen LogP contribution in [-0.4, -0.2) is 64.9 Å². The number of hydrogen-bond acceptors (Lipinski definition) is 3. The Hall–Kier alpha value is -1.75. The predicted octanol–water partition coefficient (Wildman–Crippen LogP) is 2.62. The van der Waals surface area contributed by atoms with Gasteiger partial charge < -0.3 is 19.9 Å². The molecule has 140 valence electrons. The second kappa shape index (κ2) is 10.3. The maximum atomic E-state index is 5.73. The molecule has 1 fully saturated rings. The zero-order valence-corrected chi connectivity index (χ0v) is 16.3. The molecule has 0 spiro atoms. The third kappa shape index (κ3) is 7.34. The van der Waals surface area contributed by atoms with E-state index < -0.39 is 0 Å². The quantitative estimate of drug-likeness (QED) is 0.402. The lowest BCUT2D eigenvalue weighted by Crippen LogP contribution is -2.40. The predicted molar refractivity (Wildman–Crippen MR) is 107 cm³/mol. The molecule has 5 nitrogen and oxygen atoms in total. The fourth-order valence-electron chi connectivity index (χ4n) is 2.56. The van der Waals surface area contributed by atoms with Crippen molar-refractivity contribution >= 4 is 11.6 Å². The first-order valence-corrected chi connectivity index (χ1v) is 9.43. The van der Waals surface area contributed by atoms with Crippen molar-refractivity contribution in [1.29, 1.82) is 0 Å². The highest BCUT2D eigenvalue weighted by molar-refractivity contribution is 5.79. The van der Waals surface area contributed by atoms with Gasteiger partial charge in [-0.05, 0) is 49.8 Å². The first-order chi connectivity index (χ1) is 12.1. The van der Waals surface area contributed by atoms with Crippen LogP contribution in [0.2, 0.25) is 0 Å². The normalized spacial score (nSPS) is 14.5. The van der Waals surface area contributed by atoms with Crippen LogP contribution in [0.1, 0.15) is 25.3 Å². The van der Waals surface area contributed by atoms with Crippen LogP contribution in [0.25, 0.3) is 0 Å². The summed E-state index contributed by atoms with van der Waals surface area (Å²) in [5.41, 5.74) is 2.55. The molecule has 1 aromatic rings. The van der Waals surface area contributed by atoms with Gasteiger partial charge in [-0.25, -0.2) is 0 Å². The summed E-state index contributed by atoms with van der Waals surface area (Å²) in [5.74, 6) is 1.79. The van der Waals surface area contributed by atoms with E-state index in [0.717, 1.165) is 51.1 Å². The van der Waals surface area contributed by atoms with E-state index in [4.69, 9.17) is 9.73 Å². The first kappa shape index (κ1) is 19.6. The van der Waals surface area contributed by atoms with E-state index in [1.165, 1.54) is 24.1 Å². The number of hydrogen-bond donors (Lipinski definition) is 1. The molecule has 5 heteroatoms. The Bertz CT molecular complexity index is 523. The number of aliphatic imine (C=N–C) groups is 1. The zero-order valence-electron chi connectivity index (χ0n) is 16.3. The lowest BCUT2D eigenvalue weighted by atomic mass is 10.1. The standard InChI is InChI=1S/C20H34N4O/c1-5-21-20(24(4)14-15-25-16-18-6-7-18)22-13-12-17-8-10-19(11-9-17)23(2)3/h8-11,18H,5-7,12-16H2,1-4H3,(H,21,22). The summed E-state index contributed by atoms with van der Waals surface area (Å²) in [4.78, 5) is 9.03. The minimum Gasteiger partial charge on any atom is -0.379 e. The third-order valence-corrected chi connectivity index (χ3v) is 4.43. The molecule has 0 aliphatic heterocycles. The Morgan fingerprint density at radius 3 is 2.52 bits per heavy atom. The molecule has 0 atom stereocenters. The van der Waals surface area contributed by atoms with Gasteiger partial charge >= 0.3 is 0 Å². The Morgan fingerprint density at radius 2 is 1.92 bits per heavy atom. The van der Waals surface area contributed by atoms with E-state index in [0.29, 0.717) is 0 Å². The van der Waals surface area contributed by atoms with Crippen molar-refractivity contribution < 1.29 is 4.74 Å². The monoisotopic (exact) mass is 346 g/mol. The second-order valence-corrected chi connectivity index (χ2v) is 6.99. The summed E-state index contributed by atoms with van der Waals surface area (Å²) in [6.45, 7) is 6.33. The van der Waals surface area contributed by atoms with Crippen LogP contribution in [-0.2, 0) is 11.2 Å². The van der Waals surface area contributed by atoms with Crippen LogP contribution >= 0.6 is 0 Å². The van der Waals surface area contributed by atoms with Gasteiger partial charge in [0, 0.05) is 53.1 Å². The van der Waals surface area contributed by atoms with Crippen molar-refractivity contribution in [3.8, 4) is 0 Å². The van der Waals surface area contributed by atoms with E-state index in [9.17, 15) is 0 Å². The van der Waals surface area contributed by atoms with Crippen LogP contribution in [0.5, 0.6) is 0 Å². The van der Waals surface area contributed by atoms with Gasteiger partial charge in [-0.3, -0.25) is 4.99 Å². The SMILES string of the molecule is CCNC(=NCCc1ccc(N(C)C)cc1)N(C)CCOCC1CC1. The molecule has 25 heavy (non-hydrogen) atoms. The fourth-order valence-corrected chi connectivity index (χ4v) is 2.56.